The minimum Gasteiger partial charge on any atom is -0.459 e. The molecule has 0 aliphatic carbocycles. The Morgan fingerprint density at radius 3 is 2.64 bits per heavy atom. The summed E-state index contributed by atoms with van der Waals surface area (Å²) in [5.74, 6) is 0.768. The monoisotopic (exact) mass is 465 g/mol. The van der Waals surface area contributed by atoms with Gasteiger partial charge in [0.1, 0.15) is 0 Å². The van der Waals surface area contributed by atoms with E-state index in [4.69, 9.17) is 8.83 Å². The second-order valence-electron chi connectivity index (χ2n) is 7.95. The number of nitrogens with zero attached hydrogens (tertiary/aromatic N) is 4. The Kier molecular flexibility index (Phi) is 5.67. The molecule has 1 aliphatic rings. The van der Waals surface area contributed by atoms with Gasteiger partial charge in [0.25, 0.3) is 11.1 Å². The quantitative estimate of drug-likeness (QED) is 0.449. The summed E-state index contributed by atoms with van der Waals surface area (Å²) in [4.78, 5) is 31.8. The molecule has 0 bridgehead atoms. The van der Waals surface area contributed by atoms with Crippen LogP contribution in [0.4, 0.5) is 0 Å². The van der Waals surface area contributed by atoms with Crippen molar-refractivity contribution in [2.75, 3.05) is 31.9 Å². The van der Waals surface area contributed by atoms with Crippen LogP contribution in [0.1, 0.15) is 21.8 Å². The van der Waals surface area contributed by atoms with Gasteiger partial charge in [-0.1, -0.05) is 11.8 Å². The number of H-pyrrole nitrogens is 1. The predicted molar refractivity (Wildman–Crippen MR) is 123 cm³/mol. The summed E-state index contributed by atoms with van der Waals surface area (Å²) in [7, 11) is 0. The van der Waals surface area contributed by atoms with Gasteiger partial charge in [0.15, 0.2) is 5.76 Å². The van der Waals surface area contributed by atoms with E-state index in [1.54, 1.807) is 21.9 Å². The van der Waals surface area contributed by atoms with Crippen LogP contribution in [0, 0.1) is 13.8 Å². The SMILES string of the molecule is Cc1[nH]c2ccc(-c3nnc(SCC(=O)N4CCN(C(=O)c5ccco5)CC4)o3)cc2c1C. The van der Waals surface area contributed by atoms with Gasteiger partial charge in [-0.3, -0.25) is 9.59 Å². The first-order valence-electron chi connectivity index (χ1n) is 10.7. The van der Waals surface area contributed by atoms with Crippen molar-refractivity contribution in [1.29, 1.82) is 0 Å². The van der Waals surface area contributed by atoms with E-state index in [9.17, 15) is 9.59 Å². The van der Waals surface area contributed by atoms with Crippen LogP contribution in [0.25, 0.3) is 22.4 Å². The lowest BCUT2D eigenvalue weighted by molar-refractivity contribution is -0.129. The van der Waals surface area contributed by atoms with Crippen molar-refractivity contribution in [3.05, 3.63) is 53.6 Å². The van der Waals surface area contributed by atoms with Crippen LogP contribution in [-0.4, -0.2) is 68.7 Å². The molecule has 170 valence electrons. The zero-order valence-electron chi connectivity index (χ0n) is 18.3. The van der Waals surface area contributed by atoms with Gasteiger partial charge in [-0.2, -0.15) is 0 Å². The maximum atomic E-state index is 12.6. The van der Waals surface area contributed by atoms with Crippen molar-refractivity contribution in [3.8, 4) is 11.5 Å². The molecule has 0 radical (unpaired) electrons. The maximum absolute atomic E-state index is 12.6. The van der Waals surface area contributed by atoms with Gasteiger partial charge in [-0.15, -0.1) is 10.2 Å². The standard InChI is InChI=1S/C23H23N5O4S/c1-14-15(2)24-18-6-5-16(12-17(14)18)21-25-26-23(32-21)33-13-20(29)27-7-9-28(10-8-27)22(30)19-4-3-11-31-19/h3-6,11-12,24H,7-10,13H2,1-2H3. The highest BCUT2D eigenvalue weighted by molar-refractivity contribution is 7.99. The van der Waals surface area contributed by atoms with Gasteiger partial charge in [-0.05, 0) is 49.7 Å². The van der Waals surface area contributed by atoms with Gasteiger partial charge in [0.2, 0.25) is 11.8 Å². The van der Waals surface area contributed by atoms with E-state index in [1.165, 1.54) is 23.6 Å². The molecule has 5 rings (SSSR count). The number of rotatable bonds is 5. The second-order valence-corrected chi connectivity index (χ2v) is 8.87. The highest BCUT2D eigenvalue weighted by Crippen LogP contribution is 2.29. The van der Waals surface area contributed by atoms with Gasteiger partial charge in [-0.25, -0.2) is 0 Å². The fraction of sp³-hybridized carbons (Fsp3) is 0.304. The van der Waals surface area contributed by atoms with Crippen LogP contribution >= 0.6 is 11.8 Å². The molecule has 0 spiro atoms. The molecule has 4 heterocycles. The Balaban J connectivity index is 1.16. The Hall–Kier alpha value is -3.53. The minimum atomic E-state index is -0.150. The van der Waals surface area contributed by atoms with Crippen molar-refractivity contribution in [3.63, 3.8) is 0 Å². The van der Waals surface area contributed by atoms with Crippen molar-refractivity contribution in [2.24, 2.45) is 0 Å². The number of carbonyl (C=O) groups excluding carboxylic acids is 2. The Morgan fingerprint density at radius 1 is 1.09 bits per heavy atom. The largest absolute Gasteiger partial charge is 0.459 e. The molecule has 10 heteroatoms. The summed E-state index contributed by atoms with van der Waals surface area (Å²) in [6, 6.07) is 9.31. The number of hydrogen-bond donors (Lipinski definition) is 1. The number of amides is 2. The van der Waals surface area contributed by atoms with Gasteiger partial charge in [0.05, 0.1) is 12.0 Å². The highest BCUT2D eigenvalue weighted by atomic mass is 32.2. The van der Waals surface area contributed by atoms with Crippen LogP contribution in [0.5, 0.6) is 0 Å². The third-order valence-corrected chi connectivity index (χ3v) is 6.74. The van der Waals surface area contributed by atoms with Crippen LogP contribution in [0.2, 0.25) is 0 Å². The zero-order valence-corrected chi connectivity index (χ0v) is 19.1. The number of aryl methyl sites for hydroxylation is 2. The lowest BCUT2D eigenvalue weighted by Crippen LogP contribution is -2.51. The number of aromatic nitrogens is 3. The average molecular weight is 466 g/mol. The van der Waals surface area contributed by atoms with Crippen molar-refractivity contribution in [2.45, 2.75) is 19.1 Å². The molecule has 0 unspecified atom stereocenters. The molecule has 3 aromatic heterocycles. The average Bonchev–Trinajstić information content (AvgIpc) is 3.59. The Bertz CT molecular complexity index is 1300. The third-order valence-electron chi connectivity index (χ3n) is 5.93. The number of piperazine rings is 1. The molecule has 33 heavy (non-hydrogen) atoms. The molecule has 1 saturated heterocycles. The first-order chi connectivity index (χ1) is 16.0. The number of carbonyl (C=O) groups is 2. The van der Waals surface area contributed by atoms with Crippen molar-refractivity contribution >= 4 is 34.5 Å². The summed E-state index contributed by atoms with van der Waals surface area (Å²) < 4.78 is 11.0. The molecular formula is C23H23N5O4S. The number of furan rings is 1. The minimum absolute atomic E-state index is 0.0234. The molecule has 9 nitrogen and oxygen atoms in total. The molecule has 1 aromatic carbocycles. The van der Waals surface area contributed by atoms with Gasteiger partial charge < -0.3 is 23.6 Å². The van der Waals surface area contributed by atoms with E-state index in [2.05, 4.69) is 22.1 Å². The molecule has 1 N–H and O–H groups in total. The predicted octanol–water partition coefficient (Wildman–Crippen LogP) is 3.50. The number of benzene rings is 1. The fourth-order valence-corrected chi connectivity index (χ4v) is 4.57. The Morgan fingerprint density at radius 2 is 1.88 bits per heavy atom. The molecular weight excluding hydrogens is 442 g/mol. The number of thioether (sulfide) groups is 1. The number of hydrogen-bond acceptors (Lipinski definition) is 7. The first kappa shape index (κ1) is 21.3. The molecule has 1 aliphatic heterocycles. The maximum Gasteiger partial charge on any atom is 0.289 e. The number of nitrogens with one attached hydrogen (secondary N) is 1. The van der Waals surface area contributed by atoms with Crippen molar-refractivity contribution in [1.82, 2.24) is 25.0 Å². The topological polar surface area (TPSA) is 108 Å². The molecule has 1 fully saturated rings. The van der Waals surface area contributed by atoms with Crippen molar-refractivity contribution < 1.29 is 18.4 Å². The van der Waals surface area contributed by atoms with E-state index in [0.29, 0.717) is 43.1 Å². The smallest absolute Gasteiger partial charge is 0.289 e. The van der Waals surface area contributed by atoms with E-state index in [1.807, 2.05) is 25.1 Å². The summed E-state index contributed by atoms with van der Waals surface area (Å²) in [6.07, 6.45) is 1.48. The normalized spacial score (nSPS) is 14.2. The molecule has 0 atom stereocenters. The molecule has 2 amide bonds. The summed E-state index contributed by atoms with van der Waals surface area (Å²) in [5, 5.41) is 9.71. The van der Waals surface area contributed by atoms with Crippen LogP contribution in [0.15, 0.2) is 50.7 Å². The lowest BCUT2D eigenvalue weighted by atomic mass is 10.1. The lowest BCUT2D eigenvalue weighted by Gasteiger charge is -2.34. The Labute approximate surface area is 194 Å². The van der Waals surface area contributed by atoms with E-state index in [-0.39, 0.29) is 17.6 Å². The number of fused-ring (bicyclic) bond motifs is 1. The molecule has 4 aromatic rings. The van der Waals surface area contributed by atoms with Gasteiger partial charge in [0, 0.05) is 48.3 Å². The van der Waals surface area contributed by atoms with Crippen LogP contribution < -0.4 is 0 Å². The summed E-state index contributed by atoms with van der Waals surface area (Å²) >= 11 is 1.22. The van der Waals surface area contributed by atoms with Gasteiger partial charge >= 0.3 is 0 Å². The first-order valence-corrected chi connectivity index (χ1v) is 11.6. The number of aromatic amines is 1. The van der Waals surface area contributed by atoms with E-state index >= 15 is 0 Å². The molecule has 0 saturated carbocycles. The fourth-order valence-electron chi connectivity index (χ4n) is 3.91. The third kappa shape index (κ3) is 4.25. The van der Waals surface area contributed by atoms with Crippen LogP contribution in [-0.2, 0) is 4.79 Å². The highest BCUT2D eigenvalue weighted by Gasteiger charge is 2.26. The van der Waals surface area contributed by atoms with Crippen LogP contribution in [0.3, 0.4) is 0 Å². The second kappa shape index (κ2) is 8.78. The van der Waals surface area contributed by atoms with E-state index < -0.39 is 0 Å². The zero-order chi connectivity index (χ0) is 22.9. The van der Waals surface area contributed by atoms with E-state index in [0.717, 1.165) is 22.2 Å². The summed E-state index contributed by atoms with van der Waals surface area (Å²) in [5.41, 5.74) is 4.23. The summed E-state index contributed by atoms with van der Waals surface area (Å²) in [6.45, 7) is 6.03.